The summed E-state index contributed by atoms with van der Waals surface area (Å²) in [6.07, 6.45) is 0. The summed E-state index contributed by atoms with van der Waals surface area (Å²) in [4.78, 5) is 23.4. The van der Waals surface area contributed by atoms with E-state index in [-0.39, 0.29) is 0 Å². The Labute approximate surface area is 136 Å². The number of anilines is 1. The highest BCUT2D eigenvalue weighted by atomic mass is 35.5. The minimum atomic E-state index is -1.26. The lowest BCUT2D eigenvalue weighted by atomic mass is 10.2. The van der Waals surface area contributed by atoms with Crippen molar-refractivity contribution in [3.63, 3.8) is 0 Å². The summed E-state index contributed by atoms with van der Waals surface area (Å²) < 4.78 is 31.4. The Hall–Kier alpha value is -2.47. The van der Waals surface area contributed by atoms with Crippen LogP contribution in [-0.4, -0.2) is 18.5 Å². The number of benzene rings is 2. The molecule has 23 heavy (non-hydrogen) atoms. The third-order valence-corrected chi connectivity index (χ3v) is 3.21. The van der Waals surface area contributed by atoms with Crippen LogP contribution in [0, 0.1) is 18.6 Å². The molecule has 2 aromatic carbocycles. The fraction of sp³-hybridized carbons (Fsp3) is 0.125. The molecule has 0 atom stereocenters. The van der Waals surface area contributed by atoms with Crippen LogP contribution < -0.4 is 5.32 Å². The van der Waals surface area contributed by atoms with E-state index in [1.165, 1.54) is 0 Å². The molecule has 0 heterocycles. The number of hydrogen-bond acceptors (Lipinski definition) is 3. The van der Waals surface area contributed by atoms with Gasteiger partial charge in [0.15, 0.2) is 6.61 Å². The molecule has 0 unspecified atom stereocenters. The van der Waals surface area contributed by atoms with E-state index < -0.39 is 35.7 Å². The fourth-order valence-electron chi connectivity index (χ4n) is 1.80. The summed E-state index contributed by atoms with van der Waals surface area (Å²) in [7, 11) is 0. The maximum Gasteiger partial charge on any atom is 0.344 e. The summed E-state index contributed by atoms with van der Waals surface area (Å²) in [5, 5.41) is 2.76. The summed E-state index contributed by atoms with van der Waals surface area (Å²) in [5.41, 5.74) is 0.415. The molecule has 0 fully saturated rings. The number of amides is 1. The highest BCUT2D eigenvalue weighted by Gasteiger charge is 2.19. The van der Waals surface area contributed by atoms with E-state index in [9.17, 15) is 18.4 Å². The average Bonchev–Trinajstić information content (AvgIpc) is 2.48. The van der Waals surface area contributed by atoms with E-state index >= 15 is 0 Å². The number of ether oxygens (including phenoxy) is 1. The van der Waals surface area contributed by atoms with E-state index in [2.05, 4.69) is 10.1 Å². The fourth-order valence-corrected chi connectivity index (χ4v) is 2.09. The van der Waals surface area contributed by atoms with Crippen LogP contribution in [0.1, 0.15) is 15.9 Å². The van der Waals surface area contributed by atoms with Crippen molar-refractivity contribution >= 4 is 29.2 Å². The van der Waals surface area contributed by atoms with Gasteiger partial charge in [-0.05, 0) is 36.8 Å². The van der Waals surface area contributed by atoms with Crippen molar-refractivity contribution in [2.24, 2.45) is 0 Å². The number of nitrogens with one attached hydrogen (secondary N) is 1. The van der Waals surface area contributed by atoms with Crippen molar-refractivity contribution in [3.05, 3.63) is 64.2 Å². The Morgan fingerprint density at radius 3 is 2.43 bits per heavy atom. The predicted molar refractivity (Wildman–Crippen MR) is 81.5 cm³/mol. The van der Waals surface area contributed by atoms with E-state index in [0.29, 0.717) is 10.7 Å². The highest BCUT2D eigenvalue weighted by Crippen LogP contribution is 2.22. The summed E-state index contributed by atoms with van der Waals surface area (Å²) in [6.45, 7) is 1.14. The maximum atomic E-state index is 13.4. The van der Waals surface area contributed by atoms with Crippen molar-refractivity contribution in [3.8, 4) is 0 Å². The van der Waals surface area contributed by atoms with Gasteiger partial charge in [0, 0.05) is 0 Å². The molecule has 0 bridgehead atoms. The highest BCUT2D eigenvalue weighted by molar-refractivity contribution is 6.33. The Balaban J connectivity index is 1.98. The molecule has 0 radical (unpaired) electrons. The van der Waals surface area contributed by atoms with E-state index in [1.807, 2.05) is 6.92 Å². The van der Waals surface area contributed by atoms with Crippen molar-refractivity contribution in [1.29, 1.82) is 0 Å². The third-order valence-electron chi connectivity index (χ3n) is 2.90. The van der Waals surface area contributed by atoms with Gasteiger partial charge in [-0.25, -0.2) is 13.6 Å². The number of halogens is 3. The number of hydrogen-bond donors (Lipinski definition) is 1. The van der Waals surface area contributed by atoms with Crippen molar-refractivity contribution in [1.82, 2.24) is 0 Å². The van der Waals surface area contributed by atoms with Crippen LogP contribution >= 0.6 is 11.6 Å². The largest absolute Gasteiger partial charge is 0.452 e. The van der Waals surface area contributed by atoms with Crippen molar-refractivity contribution in [2.45, 2.75) is 6.92 Å². The van der Waals surface area contributed by atoms with E-state index in [0.717, 1.165) is 23.8 Å². The lowest BCUT2D eigenvalue weighted by molar-refractivity contribution is -0.119. The molecule has 0 aliphatic rings. The second kappa shape index (κ2) is 7.19. The first-order valence-corrected chi connectivity index (χ1v) is 6.93. The van der Waals surface area contributed by atoms with Gasteiger partial charge in [0.05, 0.1) is 10.7 Å². The number of carbonyl (C=O) groups is 2. The number of esters is 1. The Morgan fingerprint density at radius 2 is 1.83 bits per heavy atom. The smallest absolute Gasteiger partial charge is 0.344 e. The standard InChI is InChI=1S/C16H12ClF2NO3/c1-9-5-6-13(10(17)7-9)20-14(21)8-23-16(22)15-11(18)3-2-4-12(15)19/h2-7H,8H2,1H3,(H,20,21). The molecule has 7 heteroatoms. The van der Waals surface area contributed by atoms with Crippen LogP contribution in [0.2, 0.25) is 5.02 Å². The molecule has 120 valence electrons. The molecule has 1 amide bonds. The molecule has 0 saturated carbocycles. The zero-order valence-corrected chi connectivity index (χ0v) is 12.8. The molecular formula is C16H12ClF2NO3. The van der Waals surface area contributed by atoms with Gasteiger partial charge in [-0.1, -0.05) is 23.7 Å². The Morgan fingerprint density at radius 1 is 1.17 bits per heavy atom. The topological polar surface area (TPSA) is 55.4 Å². The lowest BCUT2D eigenvalue weighted by Crippen LogP contribution is -2.22. The van der Waals surface area contributed by atoms with Crippen LogP contribution in [-0.2, 0) is 9.53 Å². The van der Waals surface area contributed by atoms with Gasteiger partial charge in [0.2, 0.25) is 0 Å². The first-order valence-electron chi connectivity index (χ1n) is 6.55. The number of carbonyl (C=O) groups excluding carboxylic acids is 2. The molecule has 0 saturated heterocycles. The first kappa shape index (κ1) is 16.9. The van der Waals surface area contributed by atoms with Crippen LogP contribution in [0.25, 0.3) is 0 Å². The van der Waals surface area contributed by atoms with Crippen LogP contribution in [0.5, 0.6) is 0 Å². The van der Waals surface area contributed by atoms with Crippen LogP contribution in [0.4, 0.5) is 14.5 Å². The SMILES string of the molecule is Cc1ccc(NC(=O)COC(=O)c2c(F)cccc2F)c(Cl)c1. The minimum absolute atomic E-state index is 0.324. The second-order valence-electron chi connectivity index (χ2n) is 4.70. The molecule has 2 rings (SSSR count). The van der Waals surface area contributed by atoms with Gasteiger partial charge in [0.1, 0.15) is 17.2 Å². The van der Waals surface area contributed by atoms with Gasteiger partial charge >= 0.3 is 5.97 Å². The number of rotatable bonds is 4. The summed E-state index contributed by atoms with van der Waals surface area (Å²) >= 11 is 5.95. The monoisotopic (exact) mass is 339 g/mol. The molecule has 0 aliphatic carbocycles. The molecule has 0 aromatic heterocycles. The average molecular weight is 340 g/mol. The van der Waals surface area contributed by atoms with Crippen LogP contribution in [0.3, 0.4) is 0 Å². The Bertz CT molecular complexity index is 745. The molecular weight excluding hydrogens is 328 g/mol. The van der Waals surface area contributed by atoms with Gasteiger partial charge in [-0.3, -0.25) is 4.79 Å². The first-order chi connectivity index (χ1) is 10.9. The zero-order chi connectivity index (χ0) is 17.0. The van der Waals surface area contributed by atoms with Gasteiger partial charge in [-0.2, -0.15) is 0 Å². The minimum Gasteiger partial charge on any atom is -0.452 e. The Kier molecular flexibility index (Phi) is 5.28. The predicted octanol–water partition coefficient (Wildman–Crippen LogP) is 3.72. The number of aryl methyl sites for hydroxylation is 1. The van der Waals surface area contributed by atoms with E-state index in [4.69, 9.17) is 11.6 Å². The quantitative estimate of drug-likeness (QED) is 0.864. The summed E-state index contributed by atoms with van der Waals surface area (Å²) in [6, 6.07) is 7.94. The second-order valence-corrected chi connectivity index (χ2v) is 5.11. The summed E-state index contributed by atoms with van der Waals surface area (Å²) in [5.74, 6) is -4.06. The molecule has 0 aliphatic heterocycles. The maximum absolute atomic E-state index is 13.4. The molecule has 2 aromatic rings. The molecule has 1 N–H and O–H groups in total. The third kappa shape index (κ3) is 4.26. The van der Waals surface area contributed by atoms with Crippen molar-refractivity contribution < 1.29 is 23.1 Å². The van der Waals surface area contributed by atoms with Gasteiger partial charge in [-0.15, -0.1) is 0 Å². The normalized spacial score (nSPS) is 10.3. The van der Waals surface area contributed by atoms with Crippen molar-refractivity contribution in [2.75, 3.05) is 11.9 Å². The van der Waals surface area contributed by atoms with E-state index in [1.54, 1.807) is 18.2 Å². The van der Waals surface area contributed by atoms with Gasteiger partial charge < -0.3 is 10.1 Å². The van der Waals surface area contributed by atoms with Crippen LogP contribution in [0.15, 0.2) is 36.4 Å². The molecule has 0 spiro atoms. The van der Waals surface area contributed by atoms with Gasteiger partial charge in [0.25, 0.3) is 5.91 Å². The molecule has 4 nitrogen and oxygen atoms in total. The lowest BCUT2D eigenvalue weighted by Gasteiger charge is -2.09. The zero-order valence-electron chi connectivity index (χ0n) is 12.0.